The maximum absolute atomic E-state index is 12.7. The van der Waals surface area contributed by atoms with Gasteiger partial charge >= 0.3 is 6.18 Å². The zero-order chi connectivity index (χ0) is 15.6. The van der Waals surface area contributed by atoms with Crippen LogP contribution in [0.1, 0.15) is 35.5 Å². The summed E-state index contributed by atoms with van der Waals surface area (Å²) in [6, 6.07) is 6.76. The average molecular weight is 295 g/mol. The van der Waals surface area contributed by atoms with Crippen LogP contribution in [-0.2, 0) is 6.18 Å². The van der Waals surface area contributed by atoms with Crippen molar-refractivity contribution in [3.8, 4) is 0 Å². The molecule has 0 amide bonds. The first-order valence-corrected chi connectivity index (χ1v) is 6.51. The molecule has 1 N–H and O–H groups in total. The molecule has 6 heteroatoms. The van der Waals surface area contributed by atoms with E-state index in [9.17, 15) is 13.2 Å². The maximum atomic E-state index is 12.7. The van der Waals surface area contributed by atoms with Gasteiger partial charge in [-0.05, 0) is 44.5 Å². The monoisotopic (exact) mass is 295 g/mol. The van der Waals surface area contributed by atoms with Crippen LogP contribution in [-0.4, -0.2) is 9.97 Å². The highest BCUT2D eigenvalue weighted by Crippen LogP contribution is 2.31. The molecule has 0 saturated carbocycles. The molecule has 0 aliphatic rings. The van der Waals surface area contributed by atoms with Gasteiger partial charge in [-0.25, -0.2) is 9.97 Å². The number of halogens is 3. The number of nitrogens with one attached hydrogen (secondary N) is 1. The molecule has 2 rings (SSSR count). The number of anilines is 1. The summed E-state index contributed by atoms with van der Waals surface area (Å²) in [5.74, 6) is 0.414. The molecule has 0 aliphatic heterocycles. The molecule has 21 heavy (non-hydrogen) atoms. The number of hydrogen-bond acceptors (Lipinski definition) is 3. The second-order valence-electron chi connectivity index (χ2n) is 4.96. The first-order valence-electron chi connectivity index (χ1n) is 6.51. The molecule has 2 aromatic rings. The third-order valence-electron chi connectivity index (χ3n) is 3.04. The molecule has 1 unspecified atom stereocenters. The molecule has 0 bridgehead atoms. The Morgan fingerprint density at radius 1 is 1.05 bits per heavy atom. The number of hydrogen-bond donors (Lipinski definition) is 1. The number of nitrogens with zero attached hydrogens (tertiary/aromatic N) is 2. The van der Waals surface area contributed by atoms with Gasteiger partial charge in [-0.3, -0.25) is 0 Å². The molecule has 0 aliphatic carbocycles. The number of aromatic nitrogens is 2. The molecule has 1 aromatic heterocycles. The van der Waals surface area contributed by atoms with E-state index < -0.39 is 11.7 Å². The molecule has 1 heterocycles. The van der Waals surface area contributed by atoms with E-state index in [1.165, 1.54) is 6.07 Å². The normalized spacial score (nSPS) is 13.0. The van der Waals surface area contributed by atoms with Gasteiger partial charge in [-0.2, -0.15) is 13.2 Å². The van der Waals surface area contributed by atoms with Gasteiger partial charge in [0.25, 0.3) is 0 Å². The van der Waals surface area contributed by atoms with E-state index in [1.54, 1.807) is 13.0 Å². The lowest BCUT2D eigenvalue weighted by atomic mass is 10.1. The third-order valence-corrected chi connectivity index (χ3v) is 3.04. The van der Waals surface area contributed by atoms with Crippen molar-refractivity contribution in [3.63, 3.8) is 0 Å². The lowest BCUT2D eigenvalue weighted by Gasteiger charge is -2.16. The highest BCUT2D eigenvalue weighted by Gasteiger charge is 2.30. The van der Waals surface area contributed by atoms with E-state index in [0.29, 0.717) is 11.5 Å². The molecule has 3 nitrogen and oxygen atoms in total. The van der Waals surface area contributed by atoms with Crippen LogP contribution in [0.5, 0.6) is 0 Å². The first-order chi connectivity index (χ1) is 9.75. The SMILES string of the molecule is Cc1cc(C)nc(NC(C)c2cccc(C(F)(F)F)c2)n1. The van der Waals surface area contributed by atoms with Crippen molar-refractivity contribution < 1.29 is 13.2 Å². The van der Waals surface area contributed by atoms with Crippen molar-refractivity contribution in [1.29, 1.82) is 0 Å². The molecule has 112 valence electrons. The smallest absolute Gasteiger partial charge is 0.348 e. The summed E-state index contributed by atoms with van der Waals surface area (Å²) in [6.45, 7) is 5.46. The van der Waals surface area contributed by atoms with Crippen LogP contribution in [0, 0.1) is 13.8 Å². The zero-order valence-corrected chi connectivity index (χ0v) is 12.0. The number of aryl methyl sites for hydroxylation is 2. The Morgan fingerprint density at radius 3 is 2.24 bits per heavy atom. The summed E-state index contributed by atoms with van der Waals surface area (Å²) in [6.07, 6.45) is -4.34. The molecular weight excluding hydrogens is 279 g/mol. The largest absolute Gasteiger partial charge is 0.416 e. The van der Waals surface area contributed by atoms with Gasteiger partial charge < -0.3 is 5.32 Å². The lowest BCUT2D eigenvalue weighted by molar-refractivity contribution is -0.137. The Bertz CT molecular complexity index is 618. The van der Waals surface area contributed by atoms with Crippen molar-refractivity contribution in [2.24, 2.45) is 0 Å². The summed E-state index contributed by atoms with van der Waals surface area (Å²) in [5, 5.41) is 3.03. The maximum Gasteiger partial charge on any atom is 0.416 e. The summed E-state index contributed by atoms with van der Waals surface area (Å²) in [7, 11) is 0. The quantitative estimate of drug-likeness (QED) is 0.918. The van der Waals surface area contributed by atoms with Crippen LogP contribution in [0.3, 0.4) is 0 Å². The van der Waals surface area contributed by atoms with E-state index in [0.717, 1.165) is 23.5 Å². The Hall–Kier alpha value is -2.11. The third kappa shape index (κ3) is 3.93. The molecule has 0 saturated heterocycles. The fourth-order valence-electron chi connectivity index (χ4n) is 2.05. The van der Waals surface area contributed by atoms with Crippen LogP contribution in [0.4, 0.5) is 19.1 Å². The molecule has 0 spiro atoms. The Kier molecular flexibility index (Phi) is 4.16. The van der Waals surface area contributed by atoms with Gasteiger partial charge in [0, 0.05) is 11.4 Å². The topological polar surface area (TPSA) is 37.8 Å². The van der Waals surface area contributed by atoms with Crippen molar-refractivity contribution in [1.82, 2.24) is 9.97 Å². The van der Waals surface area contributed by atoms with Crippen molar-refractivity contribution in [2.75, 3.05) is 5.32 Å². The average Bonchev–Trinajstić information content (AvgIpc) is 2.36. The molecule has 0 fully saturated rings. The summed E-state index contributed by atoms with van der Waals surface area (Å²) in [4.78, 5) is 8.45. The van der Waals surface area contributed by atoms with Crippen LogP contribution in [0.15, 0.2) is 30.3 Å². The minimum absolute atomic E-state index is 0.325. The summed E-state index contributed by atoms with van der Waals surface area (Å²) >= 11 is 0. The first kappa shape index (κ1) is 15.3. The zero-order valence-electron chi connectivity index (χ0n) is 12.0. The standard InChI is InChI=1S/C15H16F3N3/c1-9-7-10(2)20-14(19-9)21-11(3)12-5-4-6-13(8-12)15(16,17)18/h4-8,11H,1-3H3,(H,19,20,21). The van der Waals surface area contributed by atoms with Crippen LogP contribution < -0.4 is 5.32 Å². The van der Waals surface area contributed by atoms with E-state index in [2.05, 4.69) is 15.3 Å². The number of rotatable bonds is 3. The Morgan fingerprint density at radius 2 is 1.67 bits per heavy atom. The lowest BCUT2D eigenvalue weighted by Crippen LogP contribution is -2.12. The highest BCUT2D eigenvalue weighted by atomic mass is 19.4. The Labute approximate surface area is 121 Å². The summed E-state index contributed by atoms with van der Waals surface area (Å²) in [5.41, 5.74) is 1.49. The van der Waals surface area contributed by atoms with Crippen molar-refractivity contribution in [2.45, 2.75) is 33.0 Å². The van der Waals surface area contributed by atoms with Crippen molar-refractivity contribution >= 4 is 5.95 Å². The van der Waals surface area contributed by atoms with Gasteiger partial charge in [-0.1, -0.05) is 12.1 Å². The fourth-order valence-corrected chi connectivity index (χ4v) is 2.05. The van der Waals surface area contributed by atoms with Gasteiger partial charge in [0.15, 0.2) is 0 Å². The molecule has 1 aromatic carbocycles. The van der Waals surface area contributed by atoms with Crippen LogP contribution in [0.25, 0.3) is 0 Å². The van der Waals surface area contributed by atoms with E-state index >= 15 is 0 Å². The highest BCUT2D eigenvalue weighted by molar-refractivity contribution is 5.35. The predicted octanol–water partition coefficient (Wildman–Crippen LogP) is 4.29. The van der Waals surface area contributed by atoms with Gasteiger partial charge in [-0.15, -0.1) is 0 Å². The second kappa shape index (κ2) is 5.71. The van der Waals surface area contributed by atoms with Gasteiger partial charge in [0.1, 0.15) is 0 Å². The minimum atomic E-state index is -4.34. The molecule has 0 radical (unpaired) electrons. The number of alkyl halides is 3. The van der Waals surface area contributed by atoms with Crippen molar-refractivity contribution in [3.05, 3.63) is 52.8 Å². The Balaban J connectivity index is 2.22. The van der Waals surface area contributed by atoms with E-state index in [4.69, 9.17) is 0 Å². The van der Waals surface area contributed by atoms with Crippen LogP contribution >= 0.6 is 0 Å². The van der Waals surface area contributed by atoms with Crippen LogP contribution in [0.2, 0.25) is 0 Å². The minimum Gasteiger partial charge on any atom is -0.348 e. The summed E-state index contributed by atoms with van der Waals surface area (Å²) < 4.78 is 38.2. The van der Waals surface area contributed by atoms with E-state index in [1.807, 2.05) is 19.9 Å². The fraction of sp³-hybridized carbons (Fsp3) is 0.333. The second-order valence-corrected chi connectivity index (χ2v) is 4.96. The van der Waals surface area contributed by atoms with Gasteiger partial charge in [0.05, 0.1) is 11.6 Å². The van der Waals surface area contributed by atoms with Gasteiger partial charge in [0.2, 0.25) is 5.95 Å². The predicted molar refractivity (Wildman–Crippen MR) is 75.0 cm³/mol. The molecular formula is C15H16F3N3. The number of benzene rings is 1. The molecule has 1 atom stereocenters. The van der Waals surface area contributed by atoms with E-state index in [-0.39, 0.29) is 6.04 Å².